The average Bonchev–Trinajstić information content (AvgIpc) is 2.71. The topological polar surface area (TPSA) is 48.4 Å². The fraction of sp³-hybridized carbons (Fsp3) is 0.231. The zero-order valence-electron chi connectivity index (χ0n) is 9.87. The summed E-state index contributed by atoms with van der Waals surface area (Å²) >= 11 is 3.10. The van der Waals surface area contributed by atoms with Gasteiger partial charge in [-0.1, -0.05) is 0 Å². The van der Waals surface area contributed by atoms with Gasteiger partial charge in [-0.05, 0) is 52.7 Å². The molecular weight excluding hydrogens is 301 g/mol. The summed E-state index contributed by atoms with van der Waals surface area (Å²) in [5, 5.41) is 0. The van der Waals surface area contributed by atoms with Crippen LogP contribution in [0.15, 0.2) is 33.2 Å². The first-order chi connectivity index (χ1) is 8.60. The van der Waals surface area contributed by atoms with E-state index in [1.165, 1.54) is 6.07 Å². The van der Waals surface area contributed by atoms with E-state index < -0.39 is 0 Å². The molecular formula is C13H13BrFNO2. The summed E-state index contributed by atoms with van der Waals surface area (Å²) in [4.78, 5) is 0. The van der Waals surface area contributed by atoms with Gasteiger partial charge >= 0.3 is 0 Å². The first kappa shape index (κ1) is 13.1. The first-order valence-corrected chi connectivity index (χ1v) is 6.25. The van der Waals surface area contributed by atoms with Crippen molar-refractivity contribution in [2.24, 2.45) is 5.73 Å². The van der Waals surface area contributed by atoms with Gasteiger partial charge in [-0.15, -0.1) is 0 Å². The third kappa shape index (κ3) is 2.91. The maximum Gasteiger partial charge on any atom is 0.146 e. The Bertz CT molecular complexity index is 554. The van der Waals surface area contributed by atoms with E-state index in [4.69, 9.17) is 14.9 Å². The van der Waals surface area contributed by atoms with Gasteiger partial charge in [0, 0.05) is 0 Å². The molecule has 0 saturated heterocycles. The van der Waals surface area contributed by atoms with Crippen molar-refractivity contribution >= 4 is 15.9 Å². The monoisotopic (exact) mass is 313 g/mol. The summed E-state index contributed by atoms with van der Waals surface area (Å²) in [6.45, 7) is 2.59. The zero-order chi connectivity index (χ0) is 13.1. The Morgan fingerprint density at radius 3 is 2.78 bits per heavy atom. The van der Waals surface area contributed by atoms with Gasteiger partial charge in [-0.25, -0.2) is 4.39 Å². The third-order valence-electron chi connectivity index (χ3n) is 2.53. The molecule has 1 aromatic carbocycles. The Balaban J connectivity index is 2.04. The number of nitrogens with two attached hydrogens (primary N) is 1. The number of benzene rings is 1. The third-order valence-corrected chi connectivity index (χ3v) is 3.14. The molecule has 0 aliphatic heterocycles. The van der Waals surface area contributed by atoms with Gasteiger partial charge in [-0.3, -0.25) is 0 Å². The van der Waals surface area contributed by atoms with Crippen molar-refractivity contribution in [1.29, 1.82) is 0 Å². The average molecular weight is 314 g/mol. The van der Waals surface area contributed by atoms with E-state index in [-0.39, 0.29) is 5.82 Å². The fourth-order valence-electron chi connectivity index (χ4n) is 1.59. The van der Waals surface area contributed by atoms with Gasteiger partial charge in [0.2, 0.25) is 0 Å². The van der Waals surface area contributed by atoms with Crippen molar-refractivity contribution in [3.8, 4) is 5.75 Å². The molecule has 18 heavy (non-hydrogen) atoms. The summed E-state index contributed by atoms with van der Waals surface area (Å²) < 4.78 is 24.4. The highest BCUT2D eigenvalue weighted by atomic mass is 79.9. The number of rotatable bonds is 4. The molecule has 1 aromatic heterocycles. The van der Waals surface area contributed by atoms with Crippen LogP contribution in [0.2, 0.25) is 0 Å². The summed E-state index contributed by atoms with van der Waals surface area (Å²) in [7, 11) is 0. The highest BCUT2D eigenvalue weighted by molar-refractivity contribution is 9.10. The van der Waals surface area contributed by atoms with E-state index in [0.717, 1.165) is 11.3 Å². The number of hydrogen-bond donors (Lipinski definition) is 1. The number of aryl methyl sites for hydroxylation is 1. The normalized spacial score (nSPS) is 10.7. The van der Waals surface area contributed by atoms with Gasteiger partial charge in [-0.2, -0.15) is 0 Å². The fourth-order valence-corrected chi connectivity index (χ4v) is 1.94. The summed E-state index contributed by atoms with van der Waals surface area (Å²) in [6, 6.07) is 6.38. The highest BCUT2D eigenvalue weighted by Crippen LogP contribution is 2.23. The number of ether oxygens (including phenoxy) is 1. The van der Waals surface area contributed by atoms with Crippen LogP contribution in [0.3, 0.4) is 0 Å². The molecule has 0 spiro atoms. The van der Waals surface area contributed by atoms with Crippen molar-refractivity contribution in [2.45, 2.75) is 20.1 Å². The van der Waals surface area contributed by atoms with Crippen LogP contribution in [0.4, 0.5) is 4.39 Å². The lowest BCUT2D eigenvalue weighted by Crippen LogP contribution is -1.96. The minimum absolute atomic E-state index is 0.291. The smallest absolute Gasteiger partial charge is 0.146 e. The Morgan fingerprint density at radius 1 is 1.39 bits per heavy atom. The predicted octanol–water partition coefficient (Wildman–Crippen LogP) is 3.53. The largest absolute Gasteiger partial charge is 0.486 e. The van der Waals surface area contributed by atoms with Gasteiger partial charge < -0.3 is 14.9 Å². The van der Waals surface area contributed by atoms with Crippen LogP contribution in [0.25, 0.3) is 0 Å². The standard InChI is InChI=1S/C13H13BrFNO2/c1-8-4-10(18-13(8)6-16)7-17-9-2-3-12(15)11(14)5-9/h2-5H,6-7,16H2,1H3. The predicted molar refractivity (Wildman–Crippen MR) is 69.8 cm³/mol. The minimum atomic E-state index is -0.318. The molecule has 0 unspecified atom stereocenters. The number of furan rings is 1. The van der Waals surface area contributed by atoms with E-state index in [2.05, 4.69) is 15.9 Å². The Morgan fingerprint density at radius 2 is 2.17 bits per heavy atom. The van der Waals surface area contributed by atoms with E-state index in [9.17, 15) is 4.39 Å². The molecule has 96 valence electrons. The minimum Gasteiger partial charge on any atom is -0.486 e. The second-order valence-electron chi connectivity index (χ2n) is 3.89. The van der Waals surface area contributed by atoms with E-state index in [0.29, 0.717) is 29.1 Å². The molecule has 0 aliphatic rings. The first-order valence-electron chi connectivity index (χ1n) is 5.46. The lowest BCUT2D eigenvalue weighted by molar-refractivity contribution is 0.265. The van der Waals surface area contributed by atoms with E-state index in [1.54, 1.807) is 12.1 Å². The molecule has 0 amide bonds. The second kappa shape index (κ2) is 5.54. The molecule has 0 bridgehead atoms. The molecule has 5 heteroatoms. The Hall–Kier alpha value is -1.33. The molecule has 0 fully saturated rings. The van der Waals surface area contributed by atoms with Crippen LogP contribution in [0, 0.1) is 12.7 Å². The molecule has 0 aliphatic carbocycles. The van der Waals surface area contributed by atoms with Crippen molar-refractivity contribution in [3.63, 3.8) is 0 Å². The van der Waals surface area contributed by atoms with Crippen molar-refractivity contribution in [3.05, 3.63) is 51.6 Å². The second-order valence-corrected chi connectivity index (χ2v) is 4.74. The molecule has 0 saturated carbocycles. The SMILES string of the molecule is Cc1cc(COc2ccc(F)c(Br)c2)oc1CN. The molecule has 0 atom stereocenters. The molecule has 3 nitrogen and oxygen atoms in total. The highest BCUT2D eigenvalue weighted by Gasteiger charge is 2.07. The van der Waals surface area contributed by atoms with Gasteiger partial charge in [0.1, 0.15) is 29.7 Å². The molecule has 0 radical (unpaired) electrons. The van der Waals surface area contributed by atoms with Crippen LogP contribution >= 0.6 is 15.9 Å². The van der Waals surface area contributed by atoms with Crippen molar-refractivity contribution < 1.29 is 13.5 Å². The molecule has 2 N–H and O–H groups in total. The van der Waals surface area contributed by atoms with Crippen LogP contribution in [0.5, 0.6) is 5.75 Å². The Labute approximate surface area is 113 Å². The van der Waals surface area contributed by atoms with Crippen LogP contribution in [-0.2, 0) is 13.2 Å². The number of halogens is 2. The van der Waals surface area contributed by atoms with E-state index in [1.807, 2.05) is 13.0 Å². The zero-order valence-corrected chi connectivity index (χ0v) is 11.5. The molecule has 1 heterocycles. The van der Waals surface area contributed by atoms with Gasteiger partial charge in [0.15, 0.2) is 0 Å². The number of hydrogen-bond acceptors (Lipinski definition) is 3. The van der Waals surface area contributed by atoms with Gasteiger partial charge in [0.05, 0.1) is 11.0 Å². The lowest BCUT2D eigenvalue weighted by Gasteiger charge is -2.04. The maximum atomic E-state index is 13.0. The van der Waals surface area contributed by atoms with Crippen molar-refractivity contribution in [2.75, 3.05) is 0 Å². The lowest BCUT2D eigenvalue weighted by atomic mass is 10.2. The maximum absolute atomic E-state index is 13.0. The quantitative estimate of drug-likeness (QED) is 0.939. The van der Waals surface area contributed by atoms with E-state index >= 15 is 0 Å². The van der Waals surface area contributed by atoms with Gasteiger partial charge in [0.25, 0.3) is 0 Å². The summed E-state index contributed by atoms with van der Waals surface area (Å²) in [5.41, 5.74) is 6.54. The van der Waals surface area contributed by atoms with Crippen LogP contribution in [-0.4, -0.2) is 0 Å². The molecule has 2 aromatic rings. The molecule has 2 rings (SSSR count). The Kier molecular flexibility index (Phi) is 4.04. The van der Waals surface area contributed by atoms with Crippen molar-refractivity contribution in [1.82, 2.24) is 0 Å². The summed E-state index contributed by atoms with van der Waals surface area (Å²) in [5.74, 6) is 1.72. The van der Waals surface area contributed by atoms with Crippen LogP contribution < -0.4 is 10.5 Å². The summed E-state index contributed by atoms with van der Waals surface area (Å²) in [6.07, 6.45) is 0. The van der Waals surface area contributed by atoms with Crippen LogP contribution in [0.1, 0.15) is 17.1 Å².